The third-order valence-electron chi connectivity index (χ3n) is 6.25. The van der Waals surface area contributed by atoms with Crippen molar-refractivity contribution in [1.29, 1.82) is 0 Å². The number of phosphoric acid groups is 1. The number of carbonyl (C=O) groups excluding carboxylic acids is 1. The lowest BCUT2D eigenvalue weighted by atomic mass is 10.1. The third kappa shape index (κ3) is 30.2. The summed E-state index contributed by atoms with van der Waals surface area (Å²) in [5, 5.41) is 18.2. The minimum absolute atomic E-state index is 0.00711. The van der Waals surface area contributed by atoms with Crippen molar-refractivity contribution in [3.05, 3.63) is 60.8 Å². The molecule has 0 heterocycles. The molecule has 0 aliphatic rings. The second-order valence-electron chi connectivity index (χ2n) is 10.5. The number of carbonyl (C=O) groups is 1. The quantitative estimate of drug-likeness (QED) is 0.0312. The van der Waals surface area contributed by atoms with Gasteiger partial charge in [-0.2, -0.15) is 0 Å². The van der Waals surface area contributed by atoms with E-state index in [0.717, 1.165) is 44.9 Å². The van der Waals surface area contributed by atoms with E-state index in [0.29, 0.717) is 13.0 Å². The first kappa shape index (κ1) is 42.2. The molecule has 3 N–H and O–H groups in total. The summed E-state index contributed by atoms with van der Waals surface area (Å²) < 4.78 is 32.9. The smallest absolute Gasteiger partial charge is 0.457 e. The molecule has 0 aliphatic heterocycles. The van der Waals surface area contributed by atoms with E-state index in [-0.39, 0.29) is 13.0 Å². The third-order valence-corrected chi connectivity index (χ3v) is 7.20. The van der Waals surface area contributed by atoms with Crippen LogP contribution in [-0.4, -0.2) is 66.3 Å². The molecular weight excluding hydrogens is 583 g/mol. The van der Waals surface area contributed by atoms with Crippen molar-refractivity contribution in [2.24, 2.45) is 0 Å². The lowest BCUT2D eigenvalue weighted by Crippen LogP contribution is -2.28. The first-order valence-electron chi connectivity index (χ1n) is 16.3. The van der Waals surface area contributed by atoms with Gasteiger partial charge in [0.2, 0.25) is 0 Å². The van der Waals surface area contributed by atoms with Gasteiger partial charge in [-0.3, -0.25) is 13.8 Å². The molecule has 10 heteroatoms. The molecule has 0 aromatic heterocycles. The molecule has 0 spiro atoms. The van der Waals surface area contributed by atoms with Crippen LogP contribution in [0.25, 0.3) is 0 Å². The van der Waals surface area contributed by atoms with Gasteiger partial charge in [-0.15, -0.1) is 0 Å². The maximum absolute atomic E-state index is 12.4. The Labute approximate surface area is 266 Å². The normalized spacial score (nSPS) is 15.3. The molecule has 0 saturated heterocycles. The number of esters is 1. The van der Waals surface area contributed by atoms with Crippen LogP contribution in [0.3, 0.4) is 0 Å². The lowest BCUT2D eigenvalue weighted by Gasteiger charge is -2.20. The van der Waals surface area contributed by atoms with Crippen LogP contribution >= 0.6 is 7.82 Å². The largest absolute Gasteiger partial charge is 0.472 e. The SMILES string of the molecule is CC/C=C\C/C=C\C/C=C\C/C=C\C/C=C\CC(=O)OC(COCCCCCCCCCC)COP(=O)(O)OCC(O)CO. The summed E-state index contributed by atoms with van der Waals surface area (Å²) in [6, 6.07) is 0. The first-order valence-corrected chi connectivity index (χ1v) is 17.8. The van der Waals surface area contributed by atoms with Crippen molar-refractivity contribution in [1.82, 2.24) is 0 Å². The van der Waals surface area contributed by atoms with Crippen LogP contribution in [-0.2, 0) is 27.9 Å². The molecule has 0 aromatic carbocycles. The van der Waals surface area contributed by atoms with Crippen LogP contribution in [0.4, 0.5) is 0 Å². The number of aliphatic hydroxyl groups is 2. The molecule has 0 aliphatic carbocycles. The molecule has 0 bridgehead atoms. The van der Waals surface area contributed by atoms with Crippen molar-refractivity contribution >= 4 is 13.8 Å². The summed E-state index contributed by atoms with van der Waals surface area (Å²) in [6.07, 6.45) is 32.2. The summed E-state index contributed by atoms with van der Waals surface area (Å²) in [7, 11) is -4.53. The fourth-order valence-corrected chi connectivity index (χ4v) is 4.57. The fraction of sp³-hybridized carbons (Fsp3) is 0.676. The van der Waals surface area contributed by atoms with Gasteiger partial charge in [0.25, 0.3) is 0 Å². The number of hydrogen-bond acceptors (Lipinski definition) is 8. The molecule has 0 rings (SSSR count). The van der Waals surface area contributed by atoms with Crippen LogP contribution in [0.15, 0.2) is 60.8 Å². The summed E-state index contributed by atoms with van der Waals surface area (Å²) in [5.74, 6) is -0.514. The van der Waals surface area contributed by atoms with Gasteiger partial charge < -0.3 is 24.6 Å². The van der Waals surface area contributed by atoms with Crippen molar-refractivity contribution in [3.63, 3.8) is 0 Å². The van der Waals surface area contributed by atoms with E-state index in [1.165, 1.54) is 32.1 Å². The van der Waals surface area contributed by atoms with Crippen molar-refractivity contribution < 1.29 is 43.0 Å². The molecule has 0 amide bonds. The molecule has 44 heavy (non-hydrogen) atoms. The Balaban J connectivity index is 4.48. The van der Waals surface area contributed by atoms with E-state index in [1.54, 1.807) is 6.08 Å². The number of rotatable bonds is 30. The standard InChI is InChI=1S/C34H59O9P/c1-3-5-7-9-11-13-14-15-16-17-18-19-20-22-24-26-34(37)43-33(31-42-44(38,39)41-29-32(36)28-35)30-40-27-25-23-21-12-10-8-6-4-2/h5,7,11,13,15-16,18-19,22,24,32-33,35-36H,3-4,6,8-10,12,14,17,20-21,23,25-31H2,1-2H3,(H,38,39)/b7-5-,13-11-,16-15-,19-18-,24-22-. The molecule has 0 aromatic rings. The highest BCUT2D eigenvalue weighted by Gasteiger charge is 2.26. The molecule has 254 valence electrons. The van der Waals surface area contributed by atoms with Crippen molar-refractivity contribution in [2.75, 3.05) is 33.0 Å². The van der Waals surface area contributed by atoms with Crippen molar-refractivity contribution in [2.45, 2.75) is 116 Å². The molecule has 3 unspecified atom stereocenters. The van der Waals surface area contributed by atoms with Gasteiger partial charge in [0.1, 0.15) is 12.2 Å². The van der Waals surface area contributed by atoms with Crippen LogP contribution in [0.5, 0.6) is 0 Å². The molecule has 3 atom stereocenters. The fourth-order valence-electron chi connectivity index (χ4n) is 3.78. The van der Waals surface area contributed by atoms with Gasteiger partial charge in [0, 0.05) is 6.61 Å². The van der Waals surface area contributed by atoms with Crippen LogP contribution < -0.4 is 0 Å². The van der Waals surface area contributed by atoms with Gasteiger partial charge in [0.05, 0.1) is 32.8 Å². The highest BCUT2D eigenvalue weighted by molar-refractivity contribution is 7.47. The van der Waals surface area contributed by atoms with E-state index in [2.05, 4.69) is 60.9 Å². The van der Waals surface area contributed by atoms with Gasteiger partial charge >= 0.3 is 13.8 Å². The van der Waals surface area contributed by atoms with E-state index in [9.17, 15) is 19.4 Å². The zero-order valence-corrected chi connectivity index (χ0v) is 28.0. The van der Waals surface area contributed by atoms with Crippen LogP contribution in [0, 0.1) is 0 Å². The molecule has 0 fully saturated rings. The Morgan fingerprint density at radius 1 is 0.705 bits per heavy atom. The summed E-state index contributed by atoms with van der Waals surface area (Å²) in [4.78, 5) is 22.3. The monoisotopic (exact) mass is 642 g/mol. The number of phosphoric ester groups is 1. The summed E-state index contributed by atoms with van der Waals surface area (Å²) >= 11 is 0. The van der Waals surface area contributed by atoms with Gasteiger partial charge in [0.15, 0.2) is 0 Å². The number of allylic oxidation sites excluding steroid dienone is 9. The Morgan fingerprint density at radius 3 is 1.75 bits per heavy atom. The average molecular weight is 643 g/mol. The highest BCUT2D eigenvalue weighted by Crippen LogP contribution is 2.43. The van der Waals surface area contributed by atoms with Crippen LogP contribution in [0.1, 0.15) is 104 Å². The molecule has 9 nitrogen and oxygen atoms in total. The van der Waals surface area contributed by atoms with E-state index in [4.69, 9.17) is 19.1 Å². The second-order valence-corrected chi connectivity index (χ2v) is 11.9. The summed E-state index contributed by atoms with van der Waals surface area (Å²) in [5.41, 5.74) is 0. The van der Waals surface area contributed by atoms with E-state index < -0.39 is 45.8 Å². The van der Waals surface area contributed by atoms with Crippen molar-refractivity contribution in [3.8, 4) is 0 Å². The maximum atomic E-state index is 12.4. The first-order chi connectivity index (χ1) is 21.3. The van der Waals surface area contributed by atoms with Crippen LogP contribution in [0.2, 0.25) is 0 Å². The zero-order valence-electron chi connectivity index (χ0n) is 27.1. The van der Waals surface area contributed by atoms with Gasteiger partial charge in [-0.05, 0) is 38.5 Å². The highest BCUT2D eigenvalue weighted by atomic mass is 31.2. The number of aliphatic hydroxyl groups excluding tert-OH is 2. The topological polar surface area (TPSA) is 132 Å². The molecule has 0 saturated carbocycles. The average Bonchev–Trinajstić information content (AvgIpc) is 3.01. The zero-order chi connectivity index (χ0) is 32.6. The molecule has 0 radical (unpaired) electrons. The van der Waals surface area contributed by atoms with Gasteiger partial charge in [-0.1, -0.05) is 120 Å². The lowest BCUT2D eigenvalue weighted by molar-refractivity contribution is -0.153. The minimum atomic E-state index is -4.53. The Hall–Kier alpha value is -1.84. The Kier molecular flexibility index (Phi) is 29.9. The number of hydrogen-bond donors (Lipinski definition) is 3. The Morgan fingerprint density at radius 2 is 1.20 bits per heavy atom. The number of ether oxygens (including phenoxy) is 2. The predicted octanol–water partition coefficient (Wildman–Crippen LogP) is 7.68. The molecular formula is C34H59O9P. The Bertz CT molecular complexity index is 867. The summed E-state index contributed by atoms with van der Waals surface area (Å²) in [6.45, 7) is 3.19. The second kappa shape index (κ2) is 31.2. The minimum Gasteiger partial charge on any atom is -0.457 e. The maximum Gasteiger partial charge on any atom is 0.472 e. The number of unbranched alkanes of at least 4 members (excludes halogenated alkanes) is 7. The van der Waals surface area contributed by atoms with E-state index in [1.807, 2.05) is 12.2 Å². The van der Waals surface area contributed by atoms with Gasteiger partial charge in [-0.25, -0.2) is 4.57 Å². The van der Waals surface area contributed by atoms with E-state index >= 15 is 0 Å². The predicted molar refractivity (Wildman–Crippen MR) is 177 cm³/mol.